The average Bonchev–Trinajstić information content (AvgIpc) is 2.81. The quantitative estimate of drug-likeness (QED) is 0.886. The summed E-state index contributed by atoms with van der Waals surface area (Å²) in [6.07, 6.45) is 1.01. The maximum absolute atomic E-state index is 12.2. The minimum Gasteiger partial charge on any atom is -0.480 e. The number of fused-ring (bicyclic) bond motifs is 1. The number of carbonyl (C=O) groups is 2. The molecular formula is C16H19NO4. The predicted molar refractivity (Wildman–Crippen MR) is 79.4 cm³/mol. The molecule has 1 atom stereocenters. The number of carbonyl (C=O) groups excluding carboxylic acids is 1. The molecule has 1 aromatic heterocycles. The summed E-state index contributed by atoms with van der Waals surface area (Å²) in [6.45, 7) is 5.33. The van der Waals surface area contributed by atoms with Crippen molar-refractivity contribution in [2.75, 3.05) is 0 Å². The van der Waals surface area contributed by atoms with E-state index in [1.807, 2.05) is 26.0 Å². The van der Waals surface area contributed by atoms with Crippen LogP contribution < -0.4 is 5.32 Å². The molecule has 1 amide bonds. The third-order valence-corrected chi connectivity index (χ3v) is 3.51. The van der Waals surface area contributed by atoms with Crippen molar-refractivity contribution in [1.82, 2.24) is 5.32 Å². The third kappa shape index (κ3) is 3.07. The molecule has 0 fully saturated rings. The number of carboxylic acids is 1. The third-order valence-electron chi connectivity index (χ3n) is 3.51. The molecule has 0 saturated heterocycles. The Morgan fingerprint density at radius 1 is 1.33 bits per heavy atom. The highest BCUT2D eigenvalue weighted by Crippen LogP contribution is 2.22. The van der Waals surface area contributed by atoms with Crippen molar-refractivity contribution >= 4 is 22.8 Å². The van der Waals surface area contributed by atoms with Gasteiger partial charge in [0.15, 0.2) is 5.76 Å². The van der Waals surface area contributed by atoms with Crippen molar-refractivity contribution in [1.29, 1.82) is 0 Å². The molecule has 0 bridgehead atoms. The number of hydrogen-bond donors (Lipinski definition) is 2. The van der Waals surface area contributed by atoms with Crippen molar-refractivity contribution in [2.45, 2.75) is 39.2 Å². The van der Waals surface area contributed by atoms with Crippen molar-refractivity contribution in [3.8, 4) is 0 Å². The van der Waals surface area contributed by atoms with Crippen molar-refractivity contribution < 1.29 is 19.1 Å². The number of hydrogen-bond acceptors (Lipinski definition) is 3. The lowest BCUT2D eigenvalue weighted by atomic mass is 9.96. The van der Waals surface area contributed by atoms with Crippen LogP contribution in [0.1, 0.15) is 42.8 Å². The van der Waals surface area contributed by atoms with Gasteiger partial charge in [-0.15, -0.1) is 0 Å². The fourth-order valence-electron chi connectivity index (χ4n) is 2.31. The minimum atomic E-state index is -1.29. The molecule has 0 spiro atoms. The first-order valence-corrected chi connectivity index (χ1v) is 6.92. The van der Waals surface area contributed by atoms with E-state index in [1.54, 1.807) is 12.1 Å². The zero-order valence-electron chi connectivity index (χ0n) is 12.4. The standard InChI is InChI=1S/C16H19NO4/c1-4-7-16(3,15(19)20)17-14(18)13-9-11-8-10(2)5-6-12(11)21-13/h5-6,8-9H,4,7H2,1-3H3,(H,17,18)(H,19,20). The highest BCUT2D eigenvalue weighted by Gasteiger charge is 2.34. The fraction of sp³-hybridized carbons (Fsp3) is 0.375. The molecule has 0 aliphatic heterocycles. The minimum absolute atomic E-state index is 0.124. The molecule has 1 unspecified atom stereocenters. The molecule has 1 aromatic carbocycles. The normalized spacial score (nSPS) is 13.9. The second kappa shape index (κ2) is 5.60. The Balaban J connectivity index is 2.27. The SMILES string of the molecule is CCCC(C)(NC(=O)c1cc2cc(C)ccc2o1)C(=O)O. The Kier molecular flexibility index (Phi) is 4.02. The first-order valence-electron chi connectivity index (χ1n) is 6.92. The second-order valence-corrected chi connectivity index (χ2v) is 5.49. The molecule has 2 aromatic rings. The van der Waals surface area contributed by atoms with E-state index in [-0.39, 0.29) is 5.76 Å². The highest BCUT2D eigenvalue weighted by molar-refractivity contribution is 5.98. The first kappa shape index (κ1) is 15.1. The number of benzene rings is 1. The summed E-state index contributed by atoms with van der Waals surface area (Å²) < 4.78 is 5.48. The van der Waals surface area contributed by atoms with Gasteiger partial charge >= 0.3 is 5.97 Å². The van der Waals surface area contributed by atoms with E-state index >= 15 is 0 Å². The summed E-state index contributed by atoms with van der Waals surface area (Å²) in [5.74, 6) is -1.44. The van der Waals surface area contributed by atoms with Crippen LogP contribution in [0.5, 0.6) is 0 Å². The van der Waals surface area contributed by atoms with Gasteiger partial charge in [-0.25, -0.2) is 4.79 Å². The van der Waals surface area contributed by atoms with E-state index in [4.69, 9.17) is 4.42 Å². The van der Waals surface area contributed by atoms with Gasteiger partial charge in [-0.1, -0.05) is 25.0 Å². The Morgan fingerprint density at radius 2 is 2.05 bits per heavy atom. The summed E-state index contributed by atoms with van der Waals surface area (Å²) in [7, 11) is 0. The number of carboxylic acid groups (broad SMARTS) is 1. The predicted octanol–water partition coefficient (Wildman–Crippen LogP) is 3.11. The maximum Gasteiger partial charge on any atom is 0.329 e. The monoisotopic (exact) mass is 289 g/mol. The summed E-state index contributed by atoms with van der Waals surface area (Å²) in [5.41, 5.74) is 0.385. The van der Waals surface area contributed by atoms with Crippen molar-refractivity contribution in [3.05, 3.63) is 35.6 Å². The van der Waals surface area contributed by atoms with Crippen LogP contribution in [0.15, 0.2) is 28.7 Å². The molecule has 0 aliphatic rings. The lowest BCUT2D eigenvalue weighted by Crippen LogP contribution is -2.52. The zero-order valence-corrected chi connectivity index (χ0v) is 12.4. The van der Waals surface area contributed by atoms with Crippen LogP contribution in [0.25, 0.3) is 11.0 Å². The molecule has 2 rings (SSSR count). The number of nitrogens with one attached hydrogen (secondary N) is 1. The molecule has 21 heavy (non-hydrogen) atoms. The van der Waals surface area contributed by atoms with E-state index in [0.717, 1.165) is 10.9 Å². The van der Waals surface area contributed by atoms with E-state index in [9.17, 15) is 14.7 Å². The Bertz CT molecular complexity index is 689. The van der Waals surface area contributed by atoms with E-state index in [1.165, 1.54) is 6.92 Å². The van der Waals surface area contributed by atoms with Gasteiger partial charge in [0.25, 0.3) is 5.91 Å². The molecular weight excluding hydrogens is 270 g/mol. The molecule has 5 nitrogen and oxygen atoms in total. The lowest BCUT2D eigenvalue weighted by molar-refractivity contribution is -0.144. The van der Waals surface area contributed by atoms with Gasteiger partial charge < -0.3 is 14.8 Å². The number of amides is 1. The zero-order chi connectivity index (χ0) is 15.6. The number of aryl methyl sites for hydroxylation is 1. The fourth-order valence-corrected chi connectivity index (χ4v) is 2.31. The number of rotatable bonds is 5. The summed E-state index contributed by atoms with van der Waals surface area (Å²) >= 11 is 0. The van der Waals surface area contributed by atoms with Crippen LogP contribution in [-0.4, -0.2) is 22.5 Å². The molecule has 0 saturated carbocycles. The van der Waals surface area contributed by atoms with Gasteiger partial charge in [-0.2, -0.15) is 0 Å². The van der Waals surface area contributed by atoms with Crippen LogP contribution in [0.4, 0.5) is 0 Å². The summed E-state index contributed by atoms with van der Waals surface area (Å²) in [5, 5.41) is 12.7. The van der Waals surface area contributed by atoms with Crippen LogP contribution in [0.2, 0.25) is 0 Å². The Hall–Kier alpha value is -2.30. The van der Waals surface area contributed by atoms with Crippen molar-refractivity contribution in [2.24, 2.45) is 0 Å². The largest absolute Gasteiger partial charge is 0.480 e. The van der Waals surface area contributed by atoms with E-state index < -0.39 is 17.4 Å². The van der Waals surface area contributed by atoms with Crippen LogP contribution in [-0.2, 0) is 4.79 Å². The van der Waals surface area contributed by atoms with Gasteiger partial charge in [-0.3, -0.25) is 4.79 Å². The second-order valence-electron chi connectivity index (χ2n) is 5.49. The van der Waals surface area contributed by atoms with E-state index in [0.29, 0.717) is 18.4 Å². The van der Waals surface area contributed by atoms with Crippen LogP contribution >= 0.6 is 0 Å². The number of aliphatic carboxylic acids is 1. The van der Waals surface area contributed by atoms with Gasteiger partial charge in [0, 0.05) is 5.39 Å². The number of furan rings is 1. The van der Waals surface area contributed by atoms with Gasteiger partial charge in [0.05, 0.1) is 0 Å². The molecule has 2 N–H and O–H groups in total. The molecule has 5 heteroatoms. The molecule has 112 valence electrons. The van der Waals surface area contributed by atoms with Crippen molar-refractivity contribution in [3.63, 3.8) is 0 Å². The molecule has 1 heterocycles. The first-order chi connectivity index (χ1) is 9.85. The summed E-state index contributed by atoms with van der Waals surface area (Å²) in [4.78, 5) is 23.6. The average molecular weight is 289 g/mol. The smallest absolute Gasteiger partial charge is 0.329 e. The summed E-state index contributed by atoms with van der Waals surface area (Å²) in [6, 6.07) is 7.24. The lowest BCUT2D eigenvalue weighted by Gasteiger charge is -2.25. The topological polar surface area (TPSA) is 79.5 Å². The van der Waals surface area contributed by atoms with Gasteiger partial charge in [-0.05, 0) is 38.5 Å². The maximum atomic E-state index is 12.2. The Morgan fingerprint density at radius 3 is 2.67 bits per heavy atom. The van der Waals surface area contributed by atoms with Gasteiger partial charge in [0.1, 0.15) is 11.1 Å². The molecule has 0 radical (unpaired) electrons. The van der Waals surface area contributed by atoms with Crippen LogP contribution in [0.3, 0.4) is 0 Å². The van der Waals surface area contributed by atoms with E-state index in [2.05, 4.69) is 5.32 Å². The van der Waals surface area contributed by atoms with Crippen LogP contribution in [0, 0.1) is 6.92 Å². The van der Waals surface area contributed by atoms with Gasteiger partial charge in [0.2, 0.25) is 0 Å². The highest BCUT2D eigenvalue weighted by atomic mass is 16.4. The Labute approximate surface area is 122 Å². The molecule has 0 aliphatic carbocycles.